The van der Waals surface area contributed by atoms with Gasteiger partial charge < -0.3 is 29.7 Å². The summed E-state index contributed by atoms with van der Waals surface area (Å²) < 4.78 is 0.544. The lowest BCUT2D eigenvalue weighted by Gasteiger charge is -2.37. The molecule has 0 fully saturated rings. The molecule has 0 heterocycles. The highest BCUT2D eigenvalue weighted by atomic mass is 16.4. The highest BCUT2D eigenvalue weighted by Gasteiger charge is 2.25. The quantitative estimate of drug-likeness (QED) is 0.278. The van der Waals surface area contributed by atoms with Crippen molar-refractivity contribution in [2.45, 2.75) is 38.5 Å². The van der Waals surface area contributed by atoms with Crippen LogP contribution in [0.4, 0.5) is 0 Å². The Kier molecular flexibility index (Phi) is 11.7. The second-order valence-electron chi connectivity index (χ2n) is 5.30. The van der Waals surface area contributed by atoms with E-state index in [1.807, 2.05) is 0 Å². The van der Waals surface area contributed by atoms with Crippen molar-refractivity contribution in [1.29, 1.82) is 0 Å². The molecule has 0 saturated heterocycles. The number of nitrogens with zero attached hydrogens (tertiary/aromatic N) is 1. The molecule has 20 heavy (non-hydrogen) atoms. The normalized spacial score (nSPS) is 11.8. The van der Waals surface area contributed by atoms with Gasteiger partial charge in [0, 0.05) is 5.97 Å². The van der Waals surface area contributed by atoms with E-state index in [0.29, 0.717) is 30.5 Å². The first kappa shape index (κ1) is 19.3. The molecule has 0 aliphatic heterocycles. The Bertz CT molecular complexity index is 231. The standard InChI is InChI=1S/C14H29NO5/c16-11-8-15(9-12-17,10-13-18)7-5-3-1-2-4-6-14(19)20/h16-18H,1-13H2. The minimum absolute atomic E-state index is 0.0472. The summed E-state index contributed by atoms with van der Waals surface area (Å²) in [6, 6.07) is 0. The van der Waals surface area contributed by atoms with Gasteiger partial charge in [0.25, 0.3) is 0 Å². The molecule has 120 valence electrons. The Labute approximate surface area is 121 Å². The highest BCUT2D eigenvalue weighted by molar-refractivity contribution is 5.63. The molecule has 0 aliphatic carbocycles. The highest BCUT2D eigenvalue weighted by Crippen LogP contribution is 2.12. The number of rotatable bonds is 14. The van der Waals surface area contributed by atoms with Crippen LogP contribution >= 0.6 is 0 Å². The number of carbonyl (C=O) groups excluding carboxylic acids is 1. The average molecular weight is 291 g/mol. The number of aliphatic carboxylic acids is 1. The summed E-state index contributed by atoms with van der Waals surface area (Å²) in [4.78, 5) is 10.3. The van der Waals surface area contributed by atoms with Crippen LogP contribution in [0.25, 0.3) is 0 Å². The fourth-order valence-electron chi connectivity index (χ4n) is 2.55. The van der Waals surface area contributed by atoms with Crippen LogP contribution in [0, 0.1) is 0 Å². The van der Waals surface area contributed by atoms with Gasteiger partial charge in [0.05, 0.1) is 26.4 Å². The van der Waals surface area contributed by atoms with Gasteiger partial charge in [0.2, 0.25) is 0 Å². The van der Waals surface area contributed by atoms with Gasteiger partial charge in [-0.2, -0.15) is 0 Å². The zero-order valence-corrected chi connectivity index (χ0v) is 12.3. The number of hydrogen-bond donors (Lipinski definition) is 3. The summed E-state index contributed by atoms with van der Waals surface area (Å²) >= 11 is 0. The Morgan fingerprint density at radius 2 is 1.20 bits per heavy atom. The predicted molar refractivity (Wildman–Crippen MR) is 73.7 cm³/mol. The van der Waals surface area contributed by atoms with Crippen LogP contribution in [-0.2, 0) is 4.79 Å². The molecule has 6 nitrogen and oxygen atoms in total. The first-order valence-corrected chi connectivity index (χ1v) is 7.48. The average Bonchev–Trinajstić information content (AvgIpc) is 2.38. The van der Waals surface area contributed by atoms with Gasteiger partial charge in [-0.25, -0.2) is 0 Å². The summed E-state index contributed by atoms with van der Waals surface area (Å²) in [6.07, 6.45) is 4.59. The van der Waals surface area contributed by atoms with Crippen molar-refractivity contribution >= 4 is 5.97 Å². The summed E-state index contributed by atoms with van der Waals surface area (Å²) in [6.45, 7) is 2.61. The number of quaternary nitrogens is 1. The lowest BCUT2D eigenvalue weighted by Crippen LogP contribution is -2.53. The maximum Gasteiger partial charge on any atom is 0.102 e. The van der Waals surface area contributed by atoms with E-state index in [2.05, 4.69) is 0 Å². The molecule has 0 bridgehead atoms. The first-order valence-electron chi connectivity index (χ1n) is 7.48. The van der Waals surface area contributed by atoms with Crippen LogP contribution in [0.5, 0.6) is 0 Å². The van der Waals surface area contributed by atoms with E-state index in [1.54, 1.807) is 0 Å². The first-order chi connectivity index (χ1) is 9.60. The zero-order valence-electron chi connectivity index (χ0n) is 12.3. The predicted octanol–water partition coefficient (Wildman–Crippen LogP) is -1.13. The number of hydrogen-bond acceptors (Lipinski definition) is 5. The molecule has 3 N–H and O–H groups in total. The minimum atomic E-state index is -0.991. The maximum atomic E-state index is 10.3. The minimum Gasteiger partial charge on any atom is -0.550 e. The van der Waals surface area contributed by atoms with E-state index in [9.17, 15) is 9.90 Å². The molecule has 0 spiro atoms. The van der Waals surface area contributed by atoms with Crippen LogP contribution in [0.1, 0.15) is 38.5 Å². The molecule has 0 aromatic rings. The molecular weight excluding hydrogens is 262 g/mol. The van der Waals surface area contributed by atoms with Crippen LogP contribution in [0.3, 0.4) is 0 Å². The van der Waals surface area contributed by atoms with Crippen molar-refractivity contribution in [3.63, 3.8) is 0 Å². The van der Waals surface area contributed by atoms with Crippen molar-refractivity contribution < 1.29 is 29.7 Å². The molecule has 0 aliphatic rings. The van der Waals surface area contributed by atoms with E-state index in [-0.39, 0.29) is 26.2 Å². The third-order valence-corrected chi connectivity index (χ3v) is 3.74. The fourth-order valence-corrected chi connectivity index (χ4v) is 2.55. The smallest absolute Gasteiger partial charge is 0.102 e. The zero-order chi connectivity index (χ0) is 15.3. The molecule has 0 rings (SSSR count). The van der Waals surface area contributed by atoms with E-state index in [1.165, 1.54) is 0 Å². The number of carboxylic acid groups (broad SMARTS) is 1. The Morgan fingerprint density at radius 1 is 0.750 bits per heavy atom. The number of unbranched alkanes of at least 4 members (excludes halogenated alkanes) is 4. The topological polar surface area (TPSA) is 101 Å². The Balaban J connectivity index is 3.91. The lowest BCUT2D eigenvalue weighted by atomic mass is 10.1. The number of aliphatic hydroxyl groups excluding tert-OH is 3. The summed E-state index contributed by atoms with van der Waals surface area (Å²) in [7, 11) is 0. The molecular formula is C14H29NO5. The SMILES string of the molecule is O=C([O-])CCCCCCC[N+](CCO)(CCO)CCO. The second kappa shape index (κ2) is 12.1. The summed E-state index contributed by atoms with van der Waals surface area (Å²) in [5, 5.41) is 37.7. The molecule has 0 saturated carbocycles. The monoisotopic (exact) mass is 291 g/mol. The molecule has 0 aromatic carbocycles. The molecule has 0 aromatic heterocycles. The van der Waals surface area contributed by atoms with Gasteiger partial charge in [-0.1, -0.05) is 12.8 Å². The van der Waals surface area contributed by atoms with Crippen LogP contribution in [-0.4, -0.2) is 71.8 Å². The maximum absolute atomic E-state index is 10.3. The fraction of sp³-hybridized carbons (Fsp3) is 0.929. The van der Waals surface area contributed by atoms with Crippen molar-refractivity contribution in [3.05, 3.63) is 0 Å². The number of carbonyl (C=O) groups is 1. The van der Waals surface area contributed by atoms with Crippen molar-refractivity contribution in [3.8, 4) is 0 Å². The molecule has 0 unspecified atom stereocenters. The third kappa shape index (κ3) is 9.25. The number of aliphatic hydroxyl groups is 3. The number of carboxylic acids is 1. The molecule has 0 amide bonds. The van der Waals surface area contributed by atoms with E-state index >= 15 is 0 Å². The van der Waals surface area contributed by atoms with Crippen molar-refractivity contribution in [1.82, 2.24) is 0 Å². The lowest BCUT2D eigenvalue weighted by molar-refractivity contribution is -0.929. The van der Waals surface area contributed by atoms with Crippen LogP contribution in [0.2, 0.25) is 0 Å². The van der Waals surface area contributed by atoms with Gasteiger partial charge in [0.15, 0.2) is 0 Å². The van der Waals surface area contributed by atoms with Crippen molar-refractivity contribution in [2.75, 3.05) is 46.0 Å². The van der Waals surface area contributed by atoms with Crippen LogP contribution in [0.15, 0.2) is 0 Å². The largest absolute Gasteiger partial charge is 0.550 e. The van der Waals surface area contributed by atoms with Crippen molar-refractivity contribution in [2.24, 2.45) is 0 Å². The molecule has 0 radical (unpaired) electrons. The Morgan fingerprint density at radius 3 is 1.65 bits per heavy atom. The Hall–Kier alpha value is -0.690. The summed E-state index contributed by atoms with van der Waals surface area (Å²) in [5.74, 6) is -0.991. The third-order valence-electron chi connectivity index (χ3n) is 3.74. The van der Waals surface area contributed by atoms with E-state index in [4.69, 9.17) is 15.3 Å². The van der Waals surface area contributed by atoms with Crippen LogP contribution < -0.4 is 5.11 Å². The van der Waals surface area contributed by atoms with E-state index < -0.39 is 5.97 Å². The van der Waals surface area contributed by atoms with Gasteiger partial charge in [-0.15, -0.1) is 0 Å². The van der Waals surface area contributed by atoms with Gasteiger partial charge in [-0.3, -0.25) is 0 Å². The molecule has 0 atom stereocenters. The molecule has 6 heteroatoms. The van der Waals surface area contributed by atoms with E-state index in [0.717, 1.165) is 32.2 Å². The second-order valence-corrected chi connectivity index (χ2v) is 5.30. The van der Waals surface area contributed by atoms with Gasteiger partial charge in [-0.05, 0) is 25.7 Å². The summed E-state index contributed by atoms with van der Waals surface area (Å²) in [5.41, 5.74) is 0. The van der Waals surface area contributed by atoms with Gasteiger partial charge >= 0.3 is 0 Å². The van der Waals surface area contributed by atoms with Gasteiger partial charge in [0.1, 0.15) is 19.6 Å².